The van der Waals surface area contributed by atoms with Crippen molar-refractivity contribution in [3.63, 3.8) is 0 Å². The Bertz CT molecular complexity index is 504. The SMILES string of the molecule is CC(C)n1cnnc1CN1CCC2(CC1)CC(C)(O)CCO2. The zero-order valence-corrected chi connectivity index (χ0v) is 14.0. The quantitative estimate of drug-likeness (QED) is 0.922. The van der Waals surface area contributed by atoms with Crippen LogP contribution in [0, 0.1) is 0 Å². The molecule has 124 valence electrons. The fourth-order valence-electron chi connectivity index (χ4n) is 3.77. The molecule has 1 aromatic heterocycles. The maximum atomic E-state index is 10.3. The molecule has 0 saturated carbocycles. The van der Waals surface area contributed by atoms with Gasteiger partial charge < -0.3 is 14.4 Å². The van der Waals surface area contributed by atoms with Gasteiger partial charge in [0.05, 0.1) is 24.4 Å². The predicted molar refractivity (Wildman–Crippen MR) is 83.5 cm³/mol. The molecule has 2 saturated heterocycles. The molecule has 1 spiro atoms. The lowest BCUT2D eigenvalue weighted by atomic mass is 9.78. The highest BCUT2D eigenvalue weighted by Gasteiger charge is 2.44. The van der Waals surface area contributed by atoms with Gasteiger partial charge in [-0.3, -0.25) is 4.90 Å². The molecule has 2 aliphatic rings. The van der Waals surface area contributed by atoms with Gasteiger partial charge in [0.1, 0.15) is 12.2 Å². The molecule has 3 rings (SSSR count). The second-order valence-electron chi connectivity index (χ2n) is 7.48. The van der Waals surface area contributed by atoms with Crippen molar-refractivity contribution >= 4 is 0 Å². The van der Waals surface area contributed by atoms with Crippen LogP contribution in [0.2, 0.25) is 0 Å². The second kappa shape index (κ2) is 5.91. The zero-order valence-electron chi connectivity index (χ0n) is 14.0. The zero-order chi connectivity index (χ0) is 15.8. The largest absolute Gasteiger partial charge is 0.390 e. The molecule has 22 heavy (non-hydrogen) atoms. The molecule has 1 N–H and O–H groups in total. The van der Waals surface area contributed by atoms with Gasteiger partial charge in [-0.05, 0) is 40.0 Å². The Morgan fingerprint density at radius 3 is 2.68 bits per heavy atom. The van der Waals surface area contributed by atoms with E-state index in [-0.39, 0.29) is 5.60 Å². The van der Waals surface area contributed by atoms with E-state index in [4.69, 9.17) is 4.74 Å². The van der Waals surface area contributed by atoms with Gasteiger partial charge in [0.2, 0.25) is 0 Å². The number of piperidine rings is 1. The van der Waals surface area contributed by atoms with Crippen LogP contribution in [-0.4, -0.2) is 55.7 Å². The predicted octanol–water partition coefficient (Wildman–Crippen LogP) is 1.75. The van der Waals surface area contributed by atoms with Crippen LogP contribution in [0.1, 0.15) is 58.3 Å². The summed E-state index contributed by atoms with van der Waals surface area (Å²) in [5.74, 6) is 1.03. The summed E-state index contributed by atoms with van der Waals surface area (Å²) in [6.45, 7) is 9.72. The first-order valence-electron chi connectivity index (χ1n) is 8.36. The van der Waals surface area contributed by atoms with Gasteiger partial charge >= 0.3 is 0 Å². The Labute approximate surface area is 132 Å². The standard InChI is InChI=1S/C16H28N4O2/c1-13(2)20-12-17-18-14(20)10-19-7-4-16(5-8-19)11-15(3,21)6-9-22-16/h12-13,21H,4-11H2,1-3H3. The fourth-order valence-corrected chi connectivity index (χ4v) is 3.77. The molecule has 0 aromatic carbocycles. The van der Waals surface area contributed by atoms with Crippen molar-refractivity contribution in [1.82, 2.24) is 19.7 Å². The molecule has 1 atom stereocenters. The minimum atomic E-state index is -0.571. The summed E-state index contributed by atoms with van der Waals surface area (Å²) in [7, 11) is 0. The molecule has 0 bridgehead atoms. The van der Waals surface area contributed by atoms with E-state index >= 15 is 0 Å². The number of aromatic nitrogens is 3. The molecule has 0 amide bonds. The summed E-state index contributed by atoms with van der Waals surface area (Å²) in [6.07, 6.45) is 5.29. The molecule has 0 aliphatic carbocycles. The summed E-state index contributed by atoms with van der Waals surface area (Å²) in [6, 6.07) is 0.387. The molecule has 1 unspecified atom stereocenters. The number of ether oxygens (including phenoxy) is 1. The van der Waals surface area contributed by atoms with E-state index in [1.54, 1.807) is 0 Å². The first-order chi connectivity index (χ1) is 10.4. The van der Waals surface area contributed by atoms with Crippen LogP contribution in [0.3, 0.4) is 0 Å². The first kappa shape index (κ1) is 15.9. The highest BCUT2D eigenvalue weighted by atomic mass is 16.5. The Kier molecular flexibility index (Phi) is 4.27. The van der Waals surface area contributed by atoms with Gasteiger partial charge in [-0.25, -0.2) is 0 Å². The van der Waals surface area contributed by atoms with Gasteiger partial charge in [0.15, 0.2) is 0 Å². The summed E-state index contributed by atoms with van der Waals surface area (Å²) in [4.78, 5) is 2.42. The van der Waals surface area contributed by atoms with Crippen molar-refractivity contribution in [3.05, 3.63) is 12.2 Å². The van der Waals surface area contributed by atoms with Crippen LogP contribution < -0.4 is 0 Å². The summed E-state index contributed by atoms with van der Waals surface area (Å²) < 4.78 is 8.20. The highest BCUT2D eigenvalue weighted by Crippen LogP contribution is 2.39. The topological polar surface area (TPSA) is 63.4 Å². The van der Waals surface area contributed by atoms with Gasteiger partial charge in [-0.1, -0.05) is 0 Å². The van der Waals surface area contributed by atoms with Gasteiger partial charge in [-0.2, -0.15) is 0 Å². The molecular weight excluding hydrogens is 280 g/mol. The van der Waals surface area contributed by atoms with E-state index in [1.165, 1.54) is 0 Å². The van der Waals surface area contributed by atoms with E-state index in [1.807, 2.05) is 13.3 Å². The van der Waals surface area contributed by atoms with E-state index in [0.29, 0.717) is 12.6 Å². The smallest absolute Gasteiger partial charge is 0.147 e. The molecule has 2 fully saturated rings. The van der Waals surface area contributed by atoms with Gasteiger partial charge in [-0.15, -0.1) is 10.2 Å². The number of hydrogen-bond donors (Lipinski definition) is 1. The number of rotatable bonds is 3. The summed E-state index contributed by atoms with van der Waals surface area (Å²) in [5.41, 5.74) is -0.692. The van der Waals surface area contributed by atoms with Crippen molar-refractivity contribution in [2.45, 2.75) is 70.2 Å². The minimum absolute atomic E-state index is 0.121. The normalized spacial score (nSPS) is 29.3. The fraction of sp³-hybridized carbons (Fsp3) is 0.875. The third-order valence-electron chi connectivity index (χ3n) is 5.09. The maximum Gasteiger partial charge on any atom is 0.147 e. The highest BCUT2D eigenvalue weighted by molar-refractivity contribution is 4.97. The minimum Gasteiger partial charge on any atom is -0.390 e. The van der Waals surface area contributed by atoms with Crippen molar-refractivity contribution in [2.75, 3.05) is 19.7 Å². The van der Waals surface area contributed by atoms with Crippen LogP contribution in [0.25, 0.3) is 0 Å². The van der Waals surface area contributed by atoms with E-state index in [2.05, 4.69) is 33.5 Å². The van der Waals surface area contributed by atoms with E-state index in [9.17, 15) is 5.11 Å². The third-order valence-corrected chi connectivity index (χ3v) is 5.09. The lowest BCUT2D eigenvalue weighted by Gasteiger charge is -2.48. The molecular formula is C16H28N4O2. The van der Waals surface area contributed by atoms with Crippen LogP contribution in [0.4, 0.5) is 0 Å². The van der Waals surface area contributed by atoms with Crippen molar-refractivity contribution in [1.29, 1.82) is 0 Å². The van der Waals surface area contributed by atoms with Crippen LogP contribution in [-0.2, 0) is 11.3 Å². The number of likely N-dealkylation sites (tertiary alicyclic amines) is 1. The average molecular weight is 308 g/mol. The number of aliphatic hydroxyl groups is 1. The van der Waals surface area contributed by atoms with Crippen molar-refractivity contribution < 1.29 is 9.84 Å². The number of nitrogens with zero attached hydrogens (tertiary/aromatic N) is 4. The van der Waals surface area contributed by atoms with Crippen molar-refractivity contribution in [3.8, 4) is 0 Å². The molecule has 3 heterocycles. The summed E-state index contributed by atoms with van der Waals surface area (Å²) >= 11 is 0. The lowest BCUT2D eigenvalue weighted by Crippen LogP contribution is -2.53. The van der Waals surface area contributed by atoms with E-state index in [0.717, 1.165) is 51.1 Å². The molecule has 0 radical (unpaired) electrons. The van der Waals surface area contributed by atoms with Crippen LogP contribution >= 0.6 is 0 Å². The summed E-state index contributed by atoms with van der Waals surface area (Å²) in [5, 5.41) is 18.6. The Balaban J connectivity index is 1.59. The second-order valence-corrected chi connectivity index (χ2v) is 7.48. The molecule has 6 nitrogen and oxygen atoms in total. The van der Waals surface area contributed by atoms with Crippen LogP contribution in [0.15, 0.2) is 6.33 Å². The van der Waals surface area contributed by atoms with Crippen molar-refractivity contribution in [2.24, 2.45) is 0 Å². The Morgan fingerprint density at radius 1 is 1.32 bits per heavy atom. The van der Waals surface area contributed by atoms with Gasteiger partial charge in [0.25, 0.3) is 0 Å². The Morgan fingerprint density at radius 2 is 2.05 bits per heavy atom. The first-order valence-corrected chi connectivity index (χ1v) is 8.36. The Hall–Kier alpha value is -0.980. The lowest BCUT2D eigenvalue weighted by molar-refractivity contribution is -0.173. The molecule has 1 aromatic rings. The number of hydrogen-bond acceptors (Lipinski definition) is 5. The van der Waals surface area contributed by atoms with E-state index < -0.39 is 5.60 Å². The molecule has 2 aliphatic heterocycles. The third kappa shape index (κ3) is 3.34. The molecule has 6 heteroatoms. The maximum absolute atomic E-state index is 10.3. The van der Waals surface area contributed by atoms with Gasteiger partial charge in [0, 0.05) is 25.6 Å². The monoisotopic (exact) mass is 308 g/mol. The average Bonchev–Trinajstić information content (AvgIpc) is 2.89. The van der Waals surface area contributed by atoms with Crippen LogP contribution in [0.5, 0.6) is 0 Å².